The molecule has 0 unspecified atom stereocenters. The number of carbonyl (C=O) groups is 1. The van der Waals surface area contributed by atoms with Gasteiger partial charge in [0.1, 0.15) is 5.65 Å². The van der Waals surface area contributed by atoms with E-state index in [1.54, 1.807) is 18.2 Å². The summed E-state index contributed by atoms with van der Waals surface area (Å²) < 4.78 is 30.3. The summed E-state index contributed by atoms with van der Waals surface area (Å²) in [4.78, 5) is 16.2. The number of nitrogens with one attached hydrogen (secondary N) is 1. The van der Waals surface area contributed by atoms with E-state index in [0.29, 0.717) is 11.3 Å². The van der Waals surface area contributed by atoms with Crippen molar-refractivity contribution in [2.45, 2.75) is 18.7 Å². The van der Waals surface area contributed by atoms with Crippen molar-refractivity contribution in [1.82, 2.24) is 9.38 Å². The second-order valence-electron chi connectivity index (χ2n) is 6.81. The molecule has 0 atom stereocenters. The van der Waals surface area contributed by atoms with Crippen molar-refractivity contribution in [3.05, 3.63) is 84.2 Å². The molecule has 29 heavy (non-hydrogen) atoms. The zero-order chi connectivity index (χ0) is 20.6. The first-order chi connectivity index (χ1) is 13.8. The summed E-state index contributed by atoms with van der Waals surface area (Å²) in [5.74, 6) is -0.188. The van der Waals surface area contributed by atoms with E-state index in [9.17, 15) is 13.2 Å². The van der Waals surface area contributed by atoms with Gasteiger partial charge >= 0.3 is 0 Å². The van der Waals surface area contributed by atoms with Crippen LogP contribution in [-0.4, -0.2) is 23.6 Å². The van der Waals surface area contributed by atoms with Crippen LogP contribution in [0.4, 0.5) is 5.69 Å². The number of ketones is 1. The van der Waals surface area contributed by atoms with Crippen molar-refractivity contribution in [3.8, 4) is 11.3 Å². The fourth-order valence-corrected chi connectivity index (χ4v) is 4.22. The summed E-state index contributed by atoms with van der Waals surface area (Å²) in [5.41, 5.74) is 3.95. The molecule has 4 aromatic rings. The van der Waals surface area contributed by atoms with E-state index in [0.717, 1.165) is 22.5 Å². The van der Waals surface area contributed by atoms with Crippen LogP contribution in [0.5, 0.6) is 0 Å². The number of hydrogen-bond acceptors (Lipinski definition) is 4. The quantitative estimate of drug-likeness (QED) is 0.502. The van der Waals surface area contributed by atoms with Gasteiger partial charge in [0.2, 0.25) is 0 Å². The van der Waals surface area contributed by atoms with Gasteiger partial charge in [-0.2, -0.15) is 0 Å². The van der Waals surface area contributed by atoms with E-state index in [1.165, 1.54) is 19.1 Å². The smallest absolute Gasteiger partial charge is 0.261 e. The number of carbonyl (C=O) groups excluding carboxylic acids is 1. The number of anilines is 1. The number of aromatic nitrogens is 2. The Morgan fingerprint density at radius 2 is 1.86 bits per heavy atom. The third kappa shape index (κ3) is 3.77. The lowest BCUT2D eigenvalue weighted by molar-refractivity contribution is 0.101. The highest BCUT2D eigenvalue weighted by molar-refractivity contribution is 7.92. The van der Waals surface area contributed by atoms with E-state index in [4.69, 9.17) is 0 Å². The van der Waals surface area contributed by atoms with Crippen molar-refractivity contribution >= 4 is 27.1 Å². The zero-order valence-corrected chi connectivity index (χ0v) is 16.8. The molecule has 6 nitrogen and oxygen atoms in total. The van der Waals surface area contributed by atoms with Crippen LogP contribution in [0.15, 0.2) is 78.0 Å². The minimum atomic E-state index is -3.84. The molecule has 2 aromatic heterocycles. The van der Waals surface area contributed by atoms with Crippen molar-refractivity contribution in [3.63, 3.8) is 0 Å². The molecule has 0 aliphatic carbocycles. The average Bonchev–Trinajstić information content (AvgIpc) is 3.14. The second-order valence-corrected chi connectivity index (χ2v) is 8.49. The first kappa shape index (κ1) is 18.9. The third-order valence-electron chi connectivity index (χ3n) is 4.69. The molecule has 1 N–H and O–H groups in total. The summed E-state index contributed by atoms with van der Waals surface area (Å²) in [6.45, 7) is 3.24. The fraction of sp³-hybridized carbons (Fsp3) is 0.0909. The molecular formula is C22H19N3O3S. The van der Waals surface area contributed by atoms with Gasteiger partial charge in [0.05, 0.1) is 16.3 Å². The Hall–Kier alpha value is -3.45. The summed E-state index contributed by atoms with van der Waals surface area (Å²) in [6, 6.07) is 17.3. The highest BCUT2D eigenvalue weighted by atomic mass is 32.2. The number of pyridine rings is 1. The summed E-state index contributed by atoms with van der Waals surface area (Å²) >= 11 is 0. The van der Waals surface area contributed by atoms with Crippen LogP contribution < -0.4 is 4.72 Å². The number of rotatable bonds is 5. The van der Waals surface area contributed by atoms with Gasteiger partial charge in [-0.15, -0.1) is 0 Å². The highest BCUT2D eigenvalue weighted by Crippen LogP contribution is 2.27. The molecule has 2 aromatic carbocycles. The van der Waals surface area contributed by atoms with E-state index >= 15 is 0 Å². The lowest BCUT2D eigenvalue weighted by atomic mass is 10.1. The Morgan fingerprint density at radius 1 is 1.03 bits per heavy atom. The standard InChI is InChI=1S/C22H19N3O3S/c1-15-9-10-18(21-14-25-11-4-3-8-22(25)23-21)13-20(15)24-29(27,28)19-7-5-6-17(12-19)16(2)26/h3-14,24H,1-2H3. The largest absolute Gasteiger partial charge is 0.306 e. The number of benzene rings is 2. The Morgan fingerprint density at radius 3 is 2.62 bits per heavy atom. The molecule has 0 aliphatic rings. The Kier molecular flexibility index (Phi) is 4.68. The first-order valence-corrected chi connectivity index (χ1v) is 10.5. The fourth-order valence-electron chi connectivity index (χ4n) is 3.05. The SMILES string of the molecule is CC(=O)c1cccc(S(=O)(=O)Nc2cc(-c3cn4ccccc4n3)ccc2C)c1. The van der Waals surface area contributed by atoms with E-state index in [2.05, 4.69) is 9.71 Å². The van der Waals surface area contributed by atoms with Gasteiger partial charge < -0.3 is 4.40 Å². The van der Waals surface area contributed by atoms with Crippen LogP contribution in [-0.2, 0) is 10.0 Å². The molecule has 4 rings (SSSR count). The number of nitrogens with zero attached hydrogens (tertiary/aromatic N) is 2. The van der Waals surface area contributed by atoms with Gasteiger partial charge in [-0.3, -0.25) is 9.52 Å². The van der Waals surface area contributed by atoms with E-state index < -0.39 is 10.0 Å². The minimum Gasteiger partial charge on any atom is -0.306 e. The number of fused-ring (bicyclic) bond motifs is 1. The number of hydrogen-bond donors (Lipinski definition) is 1. The molecule has 0 spiro atoms. The topological polar surface area (TPSA) is 80.5 Å². The van der Waals surface area contributed by atoms with Crippen LogP contribution in [0.2, 0.25) is 0 Å². The molecule has 0 saturated heterocycles. The van der Waals surface area contributed by atoms with Gasteiger partial charge in [-0.05, 0) is 49.7 Å². The molecule has 0 radical (unpaired) electrons. The molecule has 0 fully saturated rings. The summed E-state index contributed by atoms with van der Waals surface area (Å²) in [6.07, 6.45) is 3.81. The lowest BCUT2D eigenvalue weighted by Gasteiger charge is -2.12. The summed E-state index contributed by atoms with van der Waals surface area (Å²) in [7, 11) is -3.84. The molecule has 146 valence electrons. The molecule has 2 heterocycles. The first-order valence-electron chi connectivity index (χ1n) is 9.02. The predicted octanol–water partition coefficient (Wildman–Crippen LogP) is 4.31. The molecule has 0 saturated carbocycles. The maximum absolute atomic E-state index is 12.9. The van der Waals surface area contributed by atoms with Crippen molar-refractivity contribution in [1.29, 1.82) is 0 Å². The van der Waals surface area contributed by atoms with Gasteiger partial charge in [-0.25, -0.2) is 13.4 Å². The average molecular weight is 405 g/mol. The van der Waals surface area contributed by atoms with Crippen LogP contribution >= 0.6 is 0 Å². The van der Waals surface area contributed by atoms with E-state index in [1.807, 2.05) is 54.0 Å². The number of sulfonamides is 1. The molecular weight excluding hydrogens is 386 g/mol. The van der Waals surface area contributed by atoms with Crippen molar-refractivity contribution < 1.29 is 13.2 Å². The van der Waals surface area contributed by atoms with Crippen molar-refractivity contribution in [2.75, 3.05) is 4.72 Å². The number of Topliss-reactive ketones (excluding diaryl/α,β-unsaturated/α-hetero) is 1. The Balaban J connectivity index is 1.71. The Labute approximate surface area is 168 Å². The zero-order valence-electron chi connectivity index (χ0n) is 16.0. The second kappa shape index (κ2) is 7.18. The van der Waals surface area contributed by atoms with Gasteiger partial charge in [0, 0.05) is 23.5 Å². The maximum Gasteiger partial charge on any atom is 0.261 e. The third-order valence-corrected chi connectivity index (χ3v) is 6.06. The molecule has 7 heteroatoms. The monoisotopic (exact) mass is 405 g/mol. The molecule has 0 amide bonds. The minimum absolute atomic E-state index is 0.0442. The highest BCUT2D eigenvalue weighted by Gasteiger charge is 2.17. The van der Waals surface area contributed by atoms with Crippen molar-refractivity contribution in [2.24, 2.45) is 0 Å². The maximum atomic E-state index is 12.9. The number of imidazole rings is 1. The van der Waals surface area contributed by atoms with Gasteiger partial charge in [-0.1, -0.05) is 30.3 Å². The molecule has 0 bridgehead atoms. The molecule has 0 aliphatic heterocycles. The lowest BCUT2D eigenvalue weighted by Crippen LogP contribution is -2.14. The van der Waals surface area contributed by atoms with Crippen LogP contribution in [0.25, 0.3) is 16.9 Å². The van der Waals surface area contributed by atoms with Crippen LogP contribution in [0, 0.1) is 6.92 Å². The van der Waals surface area contributed by atoms with Crippen LogP contribution in [0.1, 0.15) is 22.8 Å². The summed E-state index contributed by atoms with van der Waals surface area (Å²) in [5, 5.41) is 0. The Bertz CT molecular complexity index is 1310. The van der Waals surface area contributed by atoms with Gasteiger partial charge in [0.15, 0.2) is 5.78 Å². The normalized spacial score (nSPS) is 11.5. The predicted molar refractivity (Wildman–Crippen MR) is 113 cm³/mol. The number of aryl methyl sites for hydroxylation is 1. The van der Waals surface area contributed by atoms with E-state index in [-0.39, 0.29) is 10.7 Å². The van der Waals surface area contributed by atoms with Crippen LogP contribution in [0.3, 0.4) is 0 Å². The van der Waals surface area contributed by atoms with Gasteiger partial charge in [0.25, 0.3) is 10.0 Å².